The molecule has 0 aliphatic carbocycles. The van der Waals surface area contributed by atoms with Gasteiger partial charge in [0.05, 0.1) is 6.10 Å². The van der Waals surface area contributed by atoms with Crippen LogP contribution in [0.25, 0.3) is 0 Å². The van der Waals surface area contributed by atoms with Crippen LogP contribution in [0.2, 0.25) is 0 Å². The smallest absolute Gasteiger partial charge is 0.119 e. The fourth-order valence-corrected chi connectivity index (χ4v) is 2.57. The van der Waals surface area contributed by atoms with Crippen molar-refractivity contribution in [2.24, 2.45) is 5.41 Å². The van der Waals surface area contributed by atoms with Crippen LogP contribution in [-0.2, 0) is 0 Å². The summed E-state index contributed by atoms with van der Waals surface area (Å²) in [5.74, 6) is 0.939. The van der Waals surface area contributed by atoms with Gasteiger partial charge in [-0.05, 0) is 58.0 Å². The number of benzene rings is 1. The summed E-state index contributed by atoms with van der Waals surface area (Å²) in [6.45, 7) is 13.0. The van der Waals surface area contributed by atoms with E-state index in [2.05, 4.69) is 69.3 Å². The van der Waals surface area contributed by atoms with Crippen LogP contribution in [0, 0.1) is 5.41 Å². The molecule has 120 valence electrons. The van der Waals surface area contributed by atoms with Crippen molar-refractivity contribution in [2.45, 2.75) is 46.8 Å². The van der Waals surface area contributed by atoms with Crippen molar-refractivity contribution in [1.82, 2.24) is 10.2 Å². The molecule has 0 aliphatic heterocycles. The van der Waals surface area contributed by atoms with Crippen molar-refractivity contribution in [3.8, 4) is 5.75 Å². The van der Waals surface area contributed by atoms with Gasteiger partial charge >= 0.3 is 0 Å². The van der Waals surface area contributed by atoms with Gasteiger partial charge in [-0.15, -0.1) is 0 Å². The minimum atomic E-state index is 0.221. The standard InChI is InChI=1S/C18H32N2O/c1-14(2)21-17-10-8-16(9-11-17)15(3)19-12-18(4,5)13-20(6)7/h8-11,14-15,19H,12-13H2,1-7H3. The van der Waals surface area contributed by atoms with Crippen molar-refractivity contribution >= 4 is 0 Å². The molecule has 21 heavy (non-hydrogen) atoms. The second kappa shape index (κ2) is 7.81. The van der Waals surface area contributed by atoms with Crippen LogP contribution >= 0.6 is 0 Å². The van der Waals surface area contributed by atoms with Crippen molar-refractivity contribution in [3.63, 3.8) is 0 Å². The van der Waals surface area contributed by atoms with Crippen LogP contribution < -0.4 is 10.1 Å². The highest BCUT2D eigenvalue weighted by atomic mass is 16.5. The summed E-state index contributed by atoms with van der Waals surface area (Å²) in [5.41, 5.74) is 1.56. The van der Waals surface area contributed by atoms with Gasteiger partial charge < -0.3 is 15.0 Å². The molecule has 0 amide bonds. The van der Waals surface area contributed by atoms with Gasteiger partial charge in [0, 0.05) is 19.1 Å². The number of nitrogens with one attached hydrogen (secondary N) is 1. The van der Waals surface area contributed by atoms with Gasteiger partial charge in [-0.25, -0.2) is 0 Å². The number of ether oxygens (including phenoxy) is 1. The Morgan fingerprint density at radius 1 is 1.10 bits per heavy atom. The molecule has 1 unspecified atom stereocenters. The molecule has 0 aliphatic rings. The minimum Gasteiger partial charge on any atom is -0.491 e. The summed E-state index contributed by atoms with van der Waals surface area (Å²) in [6.07, 6.45) is 0.221. The van der Waals surface area contributed by atoms with Gasteiger partial charge in [0.15, 0.2) is 0 Å². The van der Waals surface area contributed by atoms with E-state index in [9.17, 15) is 0 Å². The lowest BCUT2D eigenvalue weighted by Crippen LogP contribution is -2.38. The molecule has 0 spiro atoms. The fraction of sp³-hybridized carbons (Fsp3) is 0.667. The molecule has 0 aromatic heterocycles. The van der Waals surface area contributed by atoms with Gasteiger partial charge in [-0.2, -0.15) is 0 Å². The summed E-state index contributed by atoms with van der Waals surface area (Å²) in [7, 11) is 4.25. The largest absolute Gasteiger partial charge is 0.491 e. The van der Waals surface area contributed by atoms with Crippen molar-refractivity contribution < 1.29 is 4.74 Å². The van der Waals surface area contributed by atoms with Crippen LogP contribution in [0.4, 0.5) is 0 Å². The molecule has 1 aromatic rings. The fourth-order valence-electron chi connectivity index (χ4n) is 2.57. The molecule has 0 saturated heterocycles. The van der Waals surface area contributed by atoms with E-state index in [-0.39, 0.29) is 11.5 Å². The van der Waals surface area contributed by atoms with E-state index in [4.69, 9.17) is 4.74 Å². The van der Waals surface area contributed by atoms with Crippen LogP contribution in [0.5, 0.6) is 5.75 Å². The first-order chi connectivity index (χ1) is 9.69. The average molecular weight is 292 g/mol. The Morgan fingerprint density at radius 3 is 2.14 bits per heavy atom. The van der Waals surface area contributed by atoms with Crippen LogP contribution in [0.15, 0.2) is 24.3 Å². The zero-order valence-corrected chi connectivity index (χ0v) is 14.7. The lowest BCUT2D eigenvalue weighted by molar-refractivity contribution is 0.226. The highest BCUT2D eigenvalue weighted by Crippen LogP contribution is 2.21. The Hall–Kier alpha value is -1.06. The minimum absolute atomic E-state index is 0.221. The SMILES string of the molecule is CC(C)Oc1ccc(C(C)NCC(C)(C)CN(C)C)cc1. The van der Waals surface area contributed by atoms with E-state index in [1.165, 1.54) is 5.56 Å². The quantitative estimate of drug-likeness (QED) is 0.790. The monoisotopic (exact) mass is 292 g/mol. The Labute approximate surface area is 130 Å². The molecule has 1 rings (SSSR count). The number of hydrogen-bond acceptors (Lipinski definition) is 3. The van der Waals surface area contributed by atoms with E-state index < -0.39 is 0 Å². The van der Waals surface area contributed by atoms with Gasteiger partial charge in [0.1, 0.15) is 5.75 Å². The van der Waals surface area contributed by atoms with Crippen LogP contribution in [0.3, 0.4) is 0 Å². The second-order valence-electron chi connectivity index (χ2n) is 7.24. The maximum absolute atomic E-state index is 5.68. The molecule has 1 aromatic carbocycles. The number of rotatable bonds is 8. The Balaban J connectivity index is 2.53. The lowest BCUT2D eigenvalue weighted by Gasteiger charge is -2.30. The normalized spacial score (nSPS) is 13.8. The van der Waals surface area contributed by atoms with E-state index in [0.29, 0.717) is 6.04 Å². The second-order valence-corrected chi connectivity index (χ2v) is 7.24. The highest BCUT2D eigenvalue weighted by molar-refractivity contribution is 5.29. The summed E-state index contributed by atoms with van der Waals surface area (Å²) in [5, 5.41) is 3.64. The van der Waals surface area contributed by atoms with Crippen LogP contribution in [0.1, 0.15) is 46.2 Å². The average Bonchev–Trinajstić information content (AvgIpc) is 2.34. The van der Waals surface area contributed by atoms with Gasteiger partial charge in [-0.3, -0.25) is 0 Å². The molecule has 3 heteroatoms. The highest BCUT2D eigenvalue weighted by Gasteiger charge is 2.19. The van der Waals surface area contributed by atoms with Gasteiger partial charge in [-0.1, -0.05) is 26.0 Å². The molecule has 1 atom stereocenters. The molecule has 3 nitrogen and oxygen atoms in total. The molecule has 0 saturated carbocycles. The summed E-state index contributed by atoms with van der Waals surface area (Å²) in [6, 6.07) is 8.75. The third-order valence-corrected chi connectivity index (χ3v) is 3.38. The molecule has 0 bridgehead atoms. The van der Waals surface area contributed by atoms with E-state index in [1.54, 1.807) is 0 Å². The summed E-state index contributed by atoms with van der Waals surface area (Å²) in [4.78, 5) is 2.24. The number of nitrogens with zero attached hydrogens (tertiary/aromatic N) is 1. The molecule has 0 heterocycles. The third-order valence-electron chi connectivity index (χ3n) is 3.38. The maximum Gasteiger partial charge on any atom is 0.119 e. The van der Waals surface area contributed by atoms with Crippen LogP contribution in [-0.4, -0.2) is 38.2 Å². The molecule has 0 radical (unpaired) electrons. The third kappa shape index (κ3) is 6.96. The maximum atomic E-state index is 5.68. The molecule has 1 N–H and O–H groups in total. The first kappa shape index (κ1) is 18.0. The molecule has 0 fully saturated rings. The lowest BCUT2D eigenvalue weighted by atomic mass is 9.92. The van der Waals surface area contributed by atoms with Crippen molar-refractivity contribution in [2.75, 3.05) is 27.2 Å². The Kier molecular flexibility index (Phi) is 6.69. The Morgan fingerprint density at radius 2 is 1.67 bits per heavy atom. The zero-order chi connectivity index (χ0) is 16.0. The van der Waals surface area contributed by atoms with Gasteiger partial charge in [0.2, 0.25) is 0 Å². The predicted octanol–water partition coefficient (Wildman–Crippen LogP) is 3.71. The van der Waals surface area contributed by atoms with E-state index in [1.807, 2.05) is 13.8 Å². The predicted molar refractivity (Wildman–Crippen MR) is 91.0 cm³/mol. The first-order valence-electron chi connectivity index (χ1n) is 7.84. The van der Waals surface area contributed by atoms with E-state index in [0.717, 1.165) is 18.8 Å². The summed E-state index contributed by atoms with van der Waals surface area (Å²) >= 11 is 0. The van der Waals surface area contributed by atoms with Crippen molar-refractivity contribution in [1.29, 1.82) is 0 Å². The van der Waals surface area contributed by atoms with Gasteiger partial charge in [0.25, 0.3) is 0 Å². The zero-order valence-electron chi connectivity index (χ0n) is 14.7. The first-order valence-corrected chi connectivity index (χ1v) is 7.84. The topological polar surface area (TPSA) is 24.5 Å². The Bertz CT molecular complexity index is 410. The van der Waals surface area contributed by atoms with Crippen molar-refractivity contribution in [3.05, 3.63) is 29.8 Å². The van der Waals surface area contributed by atoms with E-state index >= 15 is 0 Å². The molecular weight excluding hydrogens is 260 g/mol. The summed E-state index contributed by atoms with van der Waals surface area (Å²) < 4.78 is 5.68. The molecular formula is C18H32N2O. The number of hydrogen-bond donors (Lipinski definition) is 1.